The van der Waals surface area contributed by atoms with E-state index in [0.717, 1.165) is 8.95 Å². The van der Waals surface area contributed by atoms with Crippen LogP contribution in [0.1, 0.15) is 13.3 Å². The van der Waals surface area contributed by atoms with Crippen molar-refractivity contribution in [3.63, 3.8) is 0 Å². The van der Waals surface area contributed by atoms with Gasteiger partial charge in [-0.05, 0) is 41.1 Å². The summed E-state index contributed by atoms with van der Waals surface area (Å²) in [4.78, 5) is 22.5. The summed E-state index contributed by atoms with van der Waals surface area (Å²) in [5.74, 6) is -0.292. The lowest BCUT2D eigenvalue weighted by Crippen LogP contribution is -2.17. The second kappa shape index (κ2) is 7.53. The van der Waals surface area contributed by atoms with Gasteiger partial charge < -0.3 is 9.47 Å². The zero-order valence-electron chi connectivity index (χ0n) is 9.74. The molecule has 18 heavy (non-hydrogen) atoms. The molecule has 1 aromatic carbocycles. The van der Waals surface area contributed by atoms with Crippen molar-refractivity contribution in [3.05, 3.63) is 27.1 Å². The van der Waals surface area contributed by atoms with Crippen molar-refractivity contribution in [3.8, 4) is 5.75 Å². The Morgan fingerprint density at radius 3 is 2.61 bits per heavy atom. The highest BCUT2D eigenvalue weighted by molar-refractivity contribution is 9.11. The predicted molar refractivity (Wildman–Crippen MR) is 73.6 cm³/mol. The number of benzene rings is 1. The van der Waals surface area contributed by atoms with Crippen molar-refractivity contribution in [2.75, 3.05) is 13.2 Å². The van der Waals surface area contributed by atoms with E-state index in [1.54, 1.807) is 19.1 Å². The molecule has 0 aromatic heterocycles. The average molecular weight is 380 g/mol. The standard InChI is InChI=1S/C12H12Br2O4/c1-2-17-12(16)6-9(15)7-18-11-4-3-8(13)5-10(11)14/h3-5H,2,6-7H2,1H3. The highest BCUT2D eigenvalue weighted by Crippen LogP contribution is 2.28. The lowest BCUT2D eigenvalue weighted by molar-refractivity contribution is -0.145. The molecule has 0 amide bonds. The summed E-state index contributed by atoms with van der Waals surface area (Å²) in [5.41, 5.74) is 0. The lowest BCUT2D eigenvalue weighted by atomic mass is 10.3. The van der Waals surface area contributed by atoms with Gasteiger partial charge in [-0.1, -0.05) is 15.9 Å². The van der Waals surface area contributed by atoms with Crippen LogP contribution in [0.2, 0.25) is 0 Å². The molecule has 0 N–H and O–H groups in total. The minimum absolute atomic E-state index is 0.154. The summed E-state index contributed by atoms with van der Waals surface area (Å²) in [7, 11) is 0. The van der Waals surface area contributed by atoms with Crippen LogP contribution in [-0.2, 0) is 14.3 Å². The SMILES string of the molecule is CCOC(=O)CC(=O)COc1ccc(Br)cc1Br. The zero-order chi connectivity index (χ0) is 13.5. The number of ether oxygens (including phenoxy) is 2. The lowest BCUT2D eigenvalue weighted by Gasteiger charge is -2.07. The fourth-order valence-corrected chi connectivity index (χ4v) is 2.34. The summed E-state index contributed by atoms with van der Waals surface area (Å²) in [6.45, 7) is 1.81. The maximum Gasteiger partial charge on any atom is 0.313 e. The highest BCUT2D eigenvalue weighted by Gasteiger charge is 2.11. The monoisotopic (exact) mass is 378 g/mol. The molecule has 0 aliphatic carbocycles. The third kappa shape index (κ3) is 5.18. The van der Waals surface area contributed by atoms with Crippen molar-refractivity contribution in [1.82, 2.24) is 0 Å². The van der Waals surface area contributed by atoms with E-state index in [4.69, 9.17) is 4.74 Å². The van der Waals surface area contributed by atoms with Crippen LogP contribution in [0.5, 0.6) is 5.75 Å². The number of hydrogen-bond acceptors (Lipinski definition) is 4. The van der Waals surface area contributed by atoms with Crippen molar-refractivity contribution >= 4 is 43.6 Å². The van der Waals surface area contributed by atoms with Crippen molar-refractivity contribution in [1.29, 1.82) is 0 Å². The molecule has 0 heterocycles. The van der Waals surface area contributed by atoms with E-state index in [1.165, 1.54) is 0 Å². The molecule has 6 heteroatoms. The third-order valence-corrected chi connectivity index (χ3v) is 3.04. The molecule has 0 saturated carbocycles. The summed E-state index contributed by atoms with van der Waals surface area (Å²) >= 11 is 6.63. The molecule has 0 spiro atoms. The van der Waals surface area contributed by atoms with Crippen LogP contribution >= 0.6 is 31.9 Å². The molecule has 0 radical (unpaired) electrons. The number of hydrogen-bond donors (Lipinski definition) is 0. The van der Waals surface area contributed by atoms with Gasteiger partial charge in [0, 0.05) is 4.47 Å². The van der Waals surface area contributed by atoms with Crippen LogP contribution in [0.4, 0.5) is 0 Å². The molecule has 1 rings (SSSR count). The minimum atomic E-state index is -0.527. The highest BCUT2D eigenvalue weighted by atomic mass is 79.9. The van der Waals surface area contributed by atoms with Gasteiger partial charge in [-0.2, -0.15) is 0 Å². The van der Waals surface area contributed by atoms with Crippen LogP contribution < -0.4 is 4.74 Å². The Kier molecular flexibility index (Phi) is 6.35. The molecular weight excluding hydrogens is 368 g/mol. The molecule has 0 bridgehead atoms. The molecule has 0 aliphatic rings. The second-order valence-electron chi connectivity index (χ2n) is 3.38. The number of halogens is 2. The van der Waals surface area contributed by atoms with Crippen LogP contribution in [-0.4, -0.2) is 25.0 Å². The van der Waals surface area contributed by atoms with E-state index >= 15 is 0 Å². The number of rotatable bonds is 6. The predicted octanol–water partition coefficient (Wildman–Crippen LogP) is 3.11. The van der Waals surface area contributed by atoms with Gasteiger partial charge in [-0.3, -0.25) is 9.59 Å². The van der Waals surface area contributed by atoms with E-state index in [1.807, 2.05) is 6.07 Å². The maximum absolute atomic E-state index is 11.4. The quantitative estimate of drug-likeness (QED) is 0.562. The molecule has 1 aromatic rings. The normalized spacial score (nSPS) is 9.94. The summed E-state index contributed by atoms with van der Waals surface area (Å²) in [5, 5.41) is 0. The average Bonchev–Trinajstić information content (AvgIpc) is 2.28. The van der Waals surface area contributed by atoms with Gasteiger partial charge in [0.1, 0.15) is 18.8 Å². The topological polar surface area (TPSA) is 52.6 Å². The smallest absolute Gasteiger partial charge is 0.313 e. The van der Waals surface area contributed by atoms with Gasteiger partial charge in [-0.25, -0.2) is 0 Å². The molecule has 0 unspecified atom stereocenters. The summed E-state index contributed by atoms with van der Waals surface area (Å²) in [6, 6.07) is 5.34. The largest absolute Gasteiger partial charge is 0.485 e. The Labute approximate surface area is 122 Å². The number of Topliss-reactive ketones (excluding diaryl/α,β-unsaturated/α-hetero) is 1. The van der Waals surface area contributed by atoms with E-state index in [-0.39, 0.29) is 25.4 Å². The van der Waals surface area contributed by atoms with Gasteiger partial charge >= 0.3 is 5.97 Å². The summed E-state index contributed by atoms with van der Waals surface area (Å²) in [6.07, 6.45) is -0.262. The molecular formula is C12H12Br2O4. The molecule has 0 atom stereocenters. The van der Waals surface area contributed by atoms with Crippen LogP contribution in [0.15, 0.2) is 27.1 Å². The van der Waals surface area contributed by atoms with E-state index in [0.29, 0.717) is 5.75 Å². The number of carbonyl (C=O) groups is 2. The zero-order valence-corrected chi connectivity index (χ0v) is 12.9. The Morgan fingerprint density at radius 1 is 1.28 bits per heavy atom. The van der Waals surface area contributed by atoms with Gasteiger partial charge in [0.15, 0.2) is 5.78 Å². The van der Waals surface area contributed by atoms with Crippen molar-refractivity contribution < 1.29 is 19.1 Å². The first kappa shape index (κ1) is 15.2. The first-order chi connectivity index (χ1) is 8.52. The molecule has 0 aliphatic heterocycles. The van der Waals surface area contributed by atoms with Crippen LogP contribution in [0.25, 0.3) is 0 Å². The third-order valence-electron chi connectivity index (χ3n) is 1.93. The maximum atomic E-state index is 11.4. The van der Waals surface area contributed by atoms with Gasteiger partial charge in [0.25, 0.3) is 0 Å². The van der Waals surface area contributed by atoms with Crippen LogP contribution in [0, 0.1) is 0 Å². The van der Waals surface area contributed by atoms with E-state index in [9.17, 15) is 9.59 Å². The fraction of sp³-hybridized carbons (Fsp3) is 0.333. The molecule has 98 valence electrons. The molecule has 0 saturated heterocycles. The van der Waals surface area contributed by atoms with Gasteiger partial charge in [0.2, 0.25) is 0 Å². The van der Waals surface area contributed by atoms with Gasteiger partial charge in [-0.15, -0.1) is 0 Å². The minimum Gasteiger partial charge on any atom is -0.485 e. The van der Waals surface area contributed by atoms with Gasteiger partial charge in [0.05, 0.1) is 11.1 Å². The van der Waals surface area contributed by atoms with Crippen molar-refractivity contribution in [2.24, 2.45) is 0 Å². The fourth-order valence-electron chi connectivity index (χ4n) is 1.17. The first-order valence-electron chi connectivity index (χ1n) is 5.28. The summed E-state index contributed by atoms with van der Waals surface area (Å²) < 4.78 is 11.6. The number of ketones is 1. The Hall–Kier alpha value is -0.880. The number of carbonyl (C=O) groups excluding carboxylic acids is 2. The van der Waals surface area contributed by atoms with E-state index in [2.05, 4.69) is 36.6 Å². The Morgan fingerprint density at radius 2 is 2.00 bits per heavy atom. The Balaban J connectivity index is 2.45. The Bertz CT molecular complexity index is 446. The number of esters is 1. The second-order valence-corrected chi connectivity index (χ2v) is 5.15. The van der Waals surface area contributed by atoms with Crippen LogP contribution in [0.3, 0.4) is 0 Å². The first-order valence-corrected chi connectivity index (χ1v) is 6.86. The molecule has 4 nitrogen and oxygen atoms in total. The van der Waals surface area contributed by atoms with Crippen molar-refractivity contribution in [2.45, 2.75) is 13.3 Å². The van der Waals surface area contributed by atoms with E-state index < -0.39 is 5.97 Å². The molecule has 0 fully saturated rings.